The molecule has 0 bridgehead atoms. The second-order valence-corrected chi connectivity index (χ2v) is 7.10. The van der Waals surface area contributed by atoms with Crippen LogP contribution in [0.3, 0.4) is 0 Å². The number of hydrogen-bond donors (Lipinski definition) is 1. The summed E-state index contributed by atoms with van der Waals surface area (Å²) < 4.78 is 30.8. The third-order valence-corrected chi connectivity index (χ3v) is 4.03. The van der Waals surface area contributed by atoms with E-state index in [2.05, 4.69) is 0 Å². The zero-order chi connectivity index (χ0) is 27.4. The normalized spacial score (nSPS) is 20.4. The molecule has 1 fully saturated rings. The van der Waals surface area contributed by atoms with E-state index in [0.29, 0.717) is 0 Å². The number of ether oxygens (including phenoxy) is 6. The van der Waals surface area contributed by atoms with Crippen molar-refractivity contribution in [3.63, 3.8) is 0 Å². The summed E-state index contributed by atoms with van der Waals surface area (Å²) in [5, 5.41) is 18.1. The van der Waals surface area contributed by atoms with Crippen LogP contribution in [0.4, 0.5) is 10.5 Å². The van der Waals surface area contributed by atoms with Crippen LogP contribution in [-0.4, -0.2) is 71.3 Å². The number of aliphatic carboxylic acids is 1. The number of esters is 3. The van der Waals surface area contributed by atoms with E-state index in [4.69, 9.17) is 38.3 Å². The predicted molar refractivity (Wildman–Crippen MR) is 115 cm³/mol. The summed E-state index contributed by atoms with van der Waals surface area (Å²) in [4.78, 5) is 65.3. The third kappa shape index (κ3) is 11.2. The lowest BCUT2D eigenvalue weighted by Crippen LogP contribution is -2.54. The maximum atomic E-state index is 12.1. The Morgan fingerprint density at radius 1 is 0.972 bits per heavy atom. The minimum atomic E-state index is -1.31. The van der Waals surface area contributed by atoms with Gasteiger partial charge in [0.1, 0.15) is 24.6 Å². The number of nitrogens with zero attached hydrogens (tertiary/aromatic N) is 1. The van der Waals surface area contributed by atoms with E-state index in [9.17, 15) is 29.3 Å². The van der Waals surface area contributed by atoms with Crippen LogP contribution in [0.5, 0.6) is 5.75 Å². The SMILES string of the molecule is CC(=O)O.CC(=O)OCC1OC(OC(=O)Oc2ccc([N+](=O)[O-])cc2)CC(OC(C)=O)C1OC(C)=O. The van der Waals surface area contributed by atoms with Crippen molar-refractivity contribution >= 4 is 35.7 Å². The Kier molecular flexibility index (Phi) is 11.7. The van der Waals surface area contributed by atoms with E-state index in [1.54, 1.807) is 0 Å². The van der Waals surface area contributed by atoms with Gasteiger partial charge < -0.3 is 33.5 Å². The largest absolute Gasteiger partial charge is 0.516 e. The van der Waals surface area contributed by atoms with Crippen molar-refractivity contribution in [2.75, 3.05) is 6.61 Å². The molecule has 0 spiro atoms. The van der Waals surface area contributed by atoms with Crippen molar-refractivity contribution in [1.29, 1.82) is 0 Å². The molecule has 1 heterocycles. The summed E-state index contributed by atoms with van der Waals surface area (Å²) >= 11 is 0. The summed E-state index contributed by atoms with van der Waals surface area (Å²) in [6.45, 7) is 4.14. The molecule has 198 valence electrons. The van der Waals surface area contributed by atoms with Gasteiger partial charge in [-0.15, -0.1) is 0 Å². The summed E-state index contributed by atoms with van der Waals surface area (Å²) in [7, 11) is 0. The standard InChI is InChI=1S/C19H21NO12.C2H4O2/c1-10(21)27-9-16-18(29-12(3)23)15(28-11(2)22)8-17(31-16)32-19(24)30-14-6-4-13(5-7-14)20(25)26;1-2(3)4/h4-7,15-18H,8-9H2,1-3H3;1H3,(H,3,4). The first-order valence-corrected chi connectivity index (χ1v) is 10.2. The molecule has 0 amide bonds. The molecule has 0 aliphatic carbocycles. The van der Waals surface area contributed by atoms with Crippen LogP contribution in [0.25, 0.3) is 0 Å². The lowest BCUT2D eigenvalue weighted by Gasteiger charge is -2.39. The molecule has 0 radical (unpaired) electrons. The molecule has 36 heavy (non-hydrogen) atoms. The lowest BCUT2D eigenvalue weighted by molar-refractivity contribution is -0.384. The van der Waals surface area contributed by atoms with E-state index in [-0.39, 0.29) is 24.5 Å². The molecule has 15 nitrogen and oxygen atoms in total. The highest BCUT2D eigenvalue weighted by molar-refractivity contribution is 5.68. The zero-order valence-corrected chi connectivity index (χ0v) is 19.7. The van der Waals surface area contributed by atoms with Gasteiger partial charge in [0, 0.05) is 39.8 Å². The fourth-order valence-corrected chi connectivity index (χ4v) is 2.84. The Morgan fingerprint density at radius 3 is 2.00 bits per heavy atom. The number of carboxylic acid groups (broad SMARTS) is 1. The maximum Gasteiger partial charge on any atom is 0.516 e. The topological polar surface area (TPSA) is 204 Å². The highest BCUT2D eigenvalue weighted by atomic mass is 16.8. The highest BCUT2D eigenvalue weighted by Gasteiger charge is 2.45. The number of carbonyl (C=O) groups is 5. The number of nitro groups is 1. The molecule has 1 aliphatic rings. The first-order chi connectivity index (χ1) is 16.8. The second-order valence-electron chi connectivity index (χ2n) is 7.10. The summed E-state index contributed by atoms with van der Waals surface area (Å²) in [6.07, 6.45) is -6.02. The molecule has 0 aromatic heterocycles. The Morgan fingerprint density at radius 2 is 1.53 bits per heavy atom. The monoisotopic (exact) mass is 515 g/mol. The number of non-ortho nitro benzene ring substituents is 1. The van der Waals surface area contributed by atoms with Gasteiger partial charge in [0.05, 0.1) is 11.3 Å². The first kappa shape index (κ1) is 29.8. The quantitative estimate of drug-likeness (QED) is 0.181. The van der Waals surface area contributed by atoms with Crippen molar-refractivity contribution in [1.82, 2.24) is 0 Å². The van der Waals surface area contributed by atoms with Crippen LogP contribution < -0.4 is 4.74 Å². The zero-order valence-electron chi connectivity index (χ0n) is 19.7. The molecule has 1 aromatic carbocycles. The van der Waals surface area contributed by atoms with Gasteiger partial charge in [-0.3, -0.25) is 29.3 Å². The van der Waals surface area contributed by atoms with Crippen LogP contribution >= 0.6 is 0 Å². The molecule has 1 N–H and O–H groups in total. The van der Waals surface area contributed by atoms with Gasteiger partial charge in [0.15, 0.2) is 6.10 Å². The van der Waals surface area contributed by atoms with Gasteiger partial charge in [-0.1, -0.05) is 0 Å². The molecule has 4 atom stereocenters. The van der Waals surface area contributed by atoms with Crippen LogP contribution in [0.2, 0.25) is 0 Å². The number of hydrogen-bond acceptors (Lipinski definition) is 13. The fraction of sp³-hybridized carbons (Fsp3) is 0.476. The molecule has 1 aliphatic heterocycles. The van der Waals surface area contributed by atoms with Crippen LogP contribution in [-0.2, 0) is 42.9 Å². The van der Waals surface area contributed by atoms with Gasteiger partial charge in [0.2, 0.25) is 6.29 Å². The molecule has 2 rings (SSSR count). The molecular weight excluding hydrogens is 490 g/mol. The third-order valence-electron chi connectivity index (χ3n) is 4.03. The van der Waals surface area contributed by atoms with Gasteiger partial charge in [-0.2, -0.15) is 0 Å². The Labute approximate surface area is 204 Å². The van der Waals surface area contributed by atoms with Crippen LogP contribution in [0.1, 0.15) is 34.1 Å². The Balaban J connectivity index is 0.00000150. The van der Waals surface area contributed by atoms with E-state index in [0.717, 1.165) is 39.8 Å². The second kappa shape index (κ2) is 14.2. The number of benzene rings is 1. The van der Waals surface area contributed by atoms with E-state index >= 15 is 0 Å². The van der Waals surface area contributed by atoms with Crippen molar-refractivity contribution < 1.29 is 62.4 Å². The molecule has 1 aromatic rings. The van der Waals surface area contributed by atoms with Crippen molar-refractivity contribution in [2.24, 2.45) is 0 Å². The first-order valence-electron chi connectivity index (χ1n) is 10.2. The maximum absolute atomic E-state index is 12.1. The molecule has 1 saturated heterocycles. The summed E-state index contributed by atoms with van der Waals surface area (Å²) in [5.74, 6) is -2.88. The van der Waals surface area contributed by atoms with E-state index in [1.807, 2.05) is 0 Å². The molecule has 15 heteroatoms. The minimum Gasteiger partial charge on any atom is -0.481 e. The van der Waals surface area contributed by atoms with Crippen LogP contribution in [0, 0.1) is 10.1 Å². The van der Waals surface area contributed by atoms with Gasteiger partial charge in [-0.25, -0.2) is 4.79 Å². The van der Waals surface area contributed by atoms with Gasteiger partial charge >= 0.3 is 24.1 Å². The van der Waals surface area contributed by atoms with Crippen LogP contribution in [0.15, 0.2) is 24.3 Å². The Hall–Kier alpha value is -4.27. The highest BCUT2D eigenvalue weighted by Crippen LogP contribution is 2.27. The van der Waals surface area contributed by atoms with Gasteiger partial charge in [0.25, 0.3) is 11.7 Å². The smallest absolute Gasteiger partial charge is 0.481 e. The molecular formula is C21H25NO14. The number of carboxylic acids is 1. The average Bonchev–Trinajstić information content (AvgIpc) is 2.73. The molecule has 4 unspecified atom stereocenters. The summed E-state index contributed by atoms with van der Waals surface area (Å²) in [6, 6.07) is 4.66. The minimum absolute atomic E-state index is 0.0257. The molecule has 0 saturated carbocycles. The van der Waals surface area contributed by atoms with Gasteiger partial charge in [-0.05, 0) is 12.1 Å². The number of rotatable bonds is 7. The van der Waals surface area contributed by atoms with Crippen molar-refractivity contribution in [3.8, 4) is 5.75 Å². The number of nitro benzene ring substituents is 1. The van der Waals surface area contributed by atoms with E-state index in [1.165, 1.54) is 12.1 Å². The Bertz CT molecular complexity index is 956. The lowest BCUT2D eigenvalue weighted by atomic mass is 10.0. The predicted octanol–water partition coefficient (Wildman–Crippen LogP) is 1.74. The number of carbonyl (C=O) groups excluding carboxylic acids is 4. The average molecular weight is 515 g/mol. The fourth-order valence-electron chi connectivity index (χ4n) is 2.84. The van der Waals surface area contributed by atoms with Crippen molar-refractivity contribution in [2.45, 2.75) is 58.7 Å². The van der Waals surface area contributed by atoms with Crippen molar-refractivity contribution in [3.05, 3.63) is 34.4 Å². The van der Waals surface area contributed by atoms with E-state index < -0.39 is 59.6 Å². The summed E-state index contributed by atoms with van der Waals surface area (Å²) in [5.41, 5.74) is -0.199.